The molecule has 0 spiro atoms. The number of rotatable bonds is 7. The number of nitrogens with one attached hydrogen (secondary N) is 1. The summed E-state index contributed by atoms with van der Waals surface area (Å²) in [6.07, 6.45) is 3.34. The highest BCUT2D eigenvalue weighted by Gasteiger charge is 2.31. The Hall–Kier alpha value is -1.76. The van der Waals surface area contributed by atoms with Gasteiger partial charge in [-0.15, -0.1) is 11.8 Å². The zero-order valence-electron chi connectivity index (χ0n) is 12.8. The zero-order valence-corrected chi connectivity index (χ0v) is 13.6. The van der Waals surface area contributed by atoms with E-state index >= 15 is 0 Å². The lowest BCUT2D eigenvalue weighted by Gasteiger charge is -2.22. The van der Waals surface area contributed by atoms with Gasteiger partial charge >= 0.3 is 6.09 Å². The maximum atomic E-state index is 12.1. The summed E-state index contributed by atoms with van der Waals surface area (Å²) in [5, 5.41) is 2.74. The summed E-state index contributed by atoms with van der Waals surface area (Å²) in [4.78, 5) is 28.3. The molecule has 0 aromatic carbocycles. The van der Waals surface area contributed by atoms with Crippen molar-refractivity contribution in [3.63, 3.8) is 0 Å². The van der Waals surface area contributed by atoms with Crippen molar-refractivity contribution in [2.24, 2.45) is 11.7 Å². The van der Waals surface area contributed by atoms with Gasteiger partial charge in [-0.3, -0.25) is 9.78 Å². The standard InChI is InChI=1S/C15H21N3O3S/c1-15(2,21-14(16)20)13(19)18-8-11-12(4-3-7-17-11)22-9-10-5-6-10/h3-4,7,10H,5-6,8-9H2,1-2H3,(H2,16,20)(H,18,19). The summed E-state index contributed by atoms with van der Waals surface area (Å²) in [6.45, 7) is 3.28. The molecule has 22 heavy (non-hydrogen) atoms. The van der Waals surface area contributed by atoms with Crippen molar-refractivity contribution in [2.75, 3.05) is 5.75 Å². The minimum absolute atomic E-state index is 0.290. The molecule has 1 aromatic heterocycles. The second-order valence-corrected chi connectivity index (χ2v) is 6.88. The molecule has 6 nitrogen and oxygen atoms in total. The Bertz CT molecular complexity index is 559. The van der Waals surface area contributed by atoms with E-state index in [2.05, 4.69) is 10.3 Å². The van der Waals surface area contributed by atoms with Crippen LogP contribution in [0.1, 0.15) is 32.4 Å². The van der Waals surface area contributed by atoms with Crippen LogP contribution in [0.2, 0.25) is 0 Å². The number of primary amides is 1. The average Bonchev–Trinajstić information content (AvgIpc) is 3.26. The van der Waals surface area contributed by atoms with Crippen molar-refractivity contribution in [2.45, 2.75) is 43.7 Å². The van der Waals surface area contributed by atoms with Gasteiger partial charge in [0.2, 0.25) is 0 Å². The fourth-order valence-electron chi connectivity index (χ4n) is 1.85. The van der Waals surface area contributed by atoms with Gasteiger partial charge in [-0.25, -0.2) is 4.79 Å². The molecule has 2 rings (SSSR count). The molecule has 120 valence electrons. The van der Waals surface area contributed by atoms with Gasteiger partial charge in [0.15, 0.2) is 5.60 Å². The van der Waals surface area contributed by atoms with Crippen LogP contribution in [0.5, 0.6) is 0 Å². The first kappa shape index (κ1) is 16.6. The highest BCUT2D eigenvalue weighted by atomic mass is 32.2. The molecule has 0 atom stereocenters. The number of carbonyl (C=O) groups excluding carboxylic acids is 2. The van der Waals surface area contributed by atoms with Crippen LogP contribution in [0.25, 0.3) is 0 Å². The molecule has 2 amide bonds. The number of amides is 2. The Morgan fingerprint density at radius 3 is 2.86 bits per heavy atom. The second-order valence-electron chi connectivity index (χ2n) is 5.82. The average molecular weight is 323 g/mol. The van der Waals surface area contributed by atoms with Crippen molar-refractivity contribution < 1.29 is 14.3 Å². The topological polar surface area (TPSA) is 94.3 Å². The van der Waals surface area contributed by atoms with Crippen molar-refractivity contribution in [3.8, 4) is 0 Å². The van der Waals surface area contributed by atoms with E-state index in [1.165, 1.54) is 26.7 Å². The van der Waals surface area contributed by atoms with Crippen LogP contribution in [-0.4, -0.2) is 28.3 Å². The van der Waals surface area contributed by atoms with Gasteiger partial charge in [0.25, 0.3) is 5.91 Å². The molecule has 1 aliphatic rings. The van der Waals surface area contributed by atoms with Crippen LogP contribution in [0.15, 0.2) is 23.2 Å². The molecule has 1 aliphatic carbocycles. The van der Waals surface area contributed by atoms with Gasteiger partial charge in [-0.2, -0.15) is 0 Å². The molecule has 0 unspecified atom stereocenters. The smallest absolute Gasteiger partial charge is 0.405 e. The normalized spacial score (nSPS) is 14.5. The molecule has 3 N–H and O–H groups in total. The number of hydrogen-bond donors (Lipinski definition) is 2. The fourth-order valence-corrected chi connectivity index (χ4v) is 3.07. The highest BCUT2D eigenvalue weighted by Crippen LogP contribution is 2.35. The van der Waals surface area contributed by atoms with Crippen LogP contribution in [0.4, 0.5) is 4.79 Å². The van der Waals surface area contributed by atoms with E-state index in [4.69, 9.17) is 10.5 Å². The largest absolute Gasteiger partial charge is 0.434 e. The van der Waals surface area contributed by atoms with Crippen LogP contribution in [0.3, 0.4) is 0 Å². The van der Waals surface area contributed by atoms with Gasteiger partial charge < -0.3 is 15.8 Å². The van der Waals surface area contributed by atoms with Crippen LogP contribution in [-0.2, 0) is 16.1 Å². The van der Waals surface area contributed by atoms with E-state index < -0.39 is 17.6 Å². The quantitative estimate of drug-likeness (QED) is 0.749. The lowest BCUT2D eigenvalue weighted by molar-refractivity contribution is -0.136. The Balaban J connectivity index is 1.92. The first-order valence-corrected chi connectivity index (χ1v) is 8.20. The lowest BCUT2D eigenvalue weighted by atomic mass is 10.1. The van der Waals surface area contributed by atoms with Gasteiger partial charge in [0, 0.05) is 16.8 Å². The molecular formula is C15H21N3O3S. The minimum Gasteiger partial charge on any atom is -0.434 e. The number of carbonyl (C=O) groups is 2. The number of pyridine rings is 1. The van der Waals surface area contributed by atoms with E-state index in [9.17, 15) is 9.59 Å². The molecular weight excluding hydrogens is 302 g/mol. The number of hydrogen-bond acceptors (Lipinski definition) is 5. The third-order valence-corrected chi connectivity index (χ3v) is 4.66. The number of aromatic nitrogens is 1. The summed E-state index contributed by atoms with van der Waals surface area (Å²) in [5.41, 5.74) is 4.48. The van der Waals surface area contributed by atoms with Crippen LogP contribution < -0.4 is 11.1 Å². The van der Waals surface area contributed by atoms with Gasteiger partial charge in [0.05, 0.1) is 12.2 Å². The van der Waals surface area contributed by atoms with Gasteiger partial charge in [-0.05, 0) is 44.7 Å². The predicted molar refractivity (Wildman–Crippen MR) is 84.3 cm³/mol. The fraction of sp³-hybridized carbons (Fsp3) is 0.533. The molecule has 1 aromatic rings. The Kier molecular flexibility index (Phi) is 5.28. The Morgan fingerprint density at radius 1 is 1.50 bits per heavy atom. The van der Waals surface area contributed by atoms with Crippen LogP contribution >= 0.6 is 11.8 Å². The number of nitrogens with zero attached hydrogens (tertiary/aromatic N) is 1. The summed E-state index contributed by atoms with van der Waals surface area (Å²) in [7, 11) is 0. The molecule has 0 aliphatic heterocycles. The number of ether oxygens (including phenoxy) is 1. The lowest BCUT2D eigenvalue weighted by Crippen LogP contribution is -2.46. The first-order valence-electron chi connectivity index (χ1n) is 7.22. The van der Waals surface area contributed by atoms with Crippen LogP contribution in [0, 0.1) is 5.92 Å². The Morgan fingerprint density at radius 2 is 2.23 bits per heavy atom. The molecule has 0 bridgehead atoms. The van der Waals surface area contributed by atoms with Crippen molar-refractivity contribution in [1.29, 1.82) is 0 Å². The van der Waals surface area contributed by atoms with E-state index in [1.807, 2.05) is 12.1 Å². The van der Waals surface area contributed by atoms with E-state index in [0.29, 0.717) is 0 Å². The van der Waals surface area contributed by atoms with Crippen molar-refractivity contribution in [1.82, 2.24) is 10.3 Å². The van der Waals surface area contributed by atoms with Crippen molar-refractivity contribution >= 4 is 23.8 Å². The zero-order chi connectivity index (χ0) is 16.2. The molecule has 1 heterocycles. The summed E-state index contributed by atoms with van der Waals surface area (Å²) in [5.74, 6) is 1.49. The molecule has 0 saturated heterocycles. The highest BCUT2D eigenvalue weighted by molar-refractivity contribution is 7.99. The third kappa shape index (κ3) is 4.91. The first-order chi connectivity index (χ1) is 10.4. The van der Waals surface area contributed by atoms with Gasteiger partial charge in [0.1, 0.15) is 0 Å². The predicted octanol–water partition coefficient (Wildman–Crippen LogP) is 2.07. The molecule has 1 fully saturated rings. The second kappa shape index (κ2) is 7.00. The monoisotopic (exact) mass is 323 g/mol. The SMILES string of the molecule is CC(C)(OC(N)=O)C(=O)NCc1ncccc1SCC1CC1. The molecule has 1 saturated carbocycles. The molecule has 0 radical (unpaired) electrons. The molecule has 7 heteroatoms. The minimum atomic E-state index is -1.30. The summed E-state index contributed by atoms with van der Waals surface area (Å²) in [6, 6.07) is 3.90. The van der Waals surface area contributed by atoms with E-state index in [1.54, 1.807) is 18.0 Å². The number of nitrogens with two attached hydrogens (primary N) is 1. The van der Waals surface area contributed by atoms with E-state index in [-0.39, 0.29) is 6.54 Å². The van der Waals surface area contributed by atoms with E-state index in [0.717, 1.165) is 22.3 Å². The van der Waals surface area contributed by atoms with Crippen molar-refractivity contribution in [3.05, 3.63) is 24.0 Å². The van der Waals surface area contributed by atoms with Gasteiger partial charge in [-0.1, -0.05) is 0 Å². The Labute approximate surface area is 134 Å². The summed E-state index contributed by atoms with van der Waals surface area (Å²) >= 11 is 1.77. The number of thioether (sulfide) groups is 1. The summed E-state index contributed by atoms with van der Waals surface area (Å²) < 4.78 is 4.81. The third-order valence-electron chi connectivity index (χ3n) is 3.34. The maximum absolute atomic E-state index is 12.1. The maximum Gasteiger partial charge on any atom is 0.405 e.